The predicted molar refractivity (Wildman–Crippen MR) is 72.4 cm³/mol. The molecule has 1 unspecified atom stereocenters. The van der Waals surface area contributed by atoms with Gasteiger partial charge in [0.05, 0.1) is 18.2 Å². The fourth-order valence-electron chi connectivity index (χ4n) is 2.52. The van der Waals surface area contributed by atoms with Gasteiger partial charge in [0.2, 0.25) is 0 Å². The van der Waals surface area contributed by atoms with Crippen molar-refractivity contribution in [3.63, 3.8) is 0 Å². The molecule has 1 fully saturated rings. The fourth-order valence-corrected chi connectivity index (χ4v) is 2.52. The molecule has 1 aliphatic rings. The van der Waals surface area contributed by atoms with E-state index in [1.807, 2.05) is 13.0 Å². The van der Waals surface area contributed by atoms with Crippen LogP contribution >= 0.6 is 0 Å². The number of carbonyl (C=O) groups is 2. The molecule has 110 valence electrons. The molecule has 0 spiro atoms. The lowest BCUT2D eigenvalue weighted by Crippen LogP contribution is -2.58. The van der Waals surface area contributed by atoms with Gasteiger partial charge in [-0.1, -0.05) is 0 Å². The topological polar surface area (TPSA) is 91.6 Å². The molecule has 0 aromatic carbocycles. The lowest BCUT2D eigenvalue weighted by Gasteiger charge is -2.41. The van der Waals surface area contributed by atoms with Crippen molar-refractivity contribution in [2.24, 2.45) is 0 Å². The number of hydrogen-bond acceptors (Lipinski definition) is 3. The molecule has 1 aromatic heterocycles. The van der Waals surface area contributed by atoms with Crippen LogP contribution in [0.4, 0.5) is 4.79 Å². The molecule has 1 aromatic rings. The van der Waals surface area contributed by atoms with Crippen LogP contribution < -0.4 is 10.6 Å². The van der Waals surface area contributed by atoms with Crippen LogP contribution in [-0.4, -0.2) is 28.7 Å². The average molecular weight is 280 g/mol. The highest BCUT2D eigenvalue weighted by atomic mass is 16.4. The summed E-state index contributed by atoms with van der Waals surface area (Å²) in [6, 6.07) is 3.26. The average Bonchev–Trinajstić information content (AvgIpc) is 2.77. The molecular formula is C14H20N2O4. The third-order valence-electron chi connectivity index (χ3n) is 3.64. The van der Waals surface area contributed by atoms with Crippen LogP contribution in [0.1, 0.15) is 38.4 Å². The van der Waals surface area contributed by atoms with Crippen molar-refractivity contribution in [1.82, 2.24) is 10.6 Å². The maximum Gasteiger partial charge on any atom is 0.315 e. The summed E-state index contributed by atoms with van der Waals surface area (Å²) in [6.45, 7) is 1.88. The molecule has 0 aliphatic heterocycles. The van der Waals surface area contributed by atoms with E-state index in [1.54, 1.807) is 12.3 Å². The van der Waals surface area contributed by atoms with Crippen LogP contribution in [0.5, 0.6) is 0 Å². The third kappa shape index (κ3) is 3.76. The molecule has 0 bridgehead atoms. The molecule has 6 nitrogen and oxygen atoms in total. The standard InChI is InChI=1S/C14H20N2O4/c1-10(8-11-4-2-7-20-11)15-13(19)16-14(5-3-6-14)9-12(17)18/h2,4,7,10H,3,5-6,8-9H2,1H3,(H,17,18)(H2,15,16,19). The van der Waals surface area contributed by atoms with Crippen LogP contribution in [0.3, 0.4) is 0 Å². The summed E-state index contributed by atoms with van der Waals surface area (Å²) in [7, 11) is 0. The molecule has 20 heavy (non-hydrogen) atoms. The number of rotatable bonds is 6. The number of nitrogens with one attached hydrogen (secondary N) is 2. The normalized spacial score (nSPS) is 17.9. The quantitative estimate of drug-likeness (QED) is 0.742. The lowest BCUT2D eigenvalue weighted by molar-refractivity contribution is -0.139. The fraction of sp³-hybridized carbons (Fsp3) is 0.571. The third-order valence-corrected chi connectivity index (χ3v) is 3.64. The summed E-state index contributed by atoms with van der Waals surface area (Å²) < 4.78 is 5.22. The van der Waals surface area contributed by atoms with E-state index in [0.29, 0.717) is 6.42 Å². The van der Waals surface area contributed by atoms with E-state index < -0.39 is 11.5 Å². The summed E-state index contributed by atoms with van der Waals surface area (Å²) in [4.78, 5) is 22.8. The van der Waals surface area contributed by atoms with Crippen LogP contribution in [0.25, 0.3) is 0 Å². The molecule has 1 atom stereocenters. The Morgan fingerprint density at radius 2 is 2.25 bits per heavy atom. The SMILES string of the molecule is CC(Cc1ccco1)NC(=O)NC1(CC(=O)O)CCC1. The van der Waals surface area contributed by atoms with Crippen molar-refractivity contribution < 1.29 is 19.1 Å². The zero-order valence-electron chi connectivity index (χ0n) is 11.5. The number of furan rings is 1. The largest absolute Gasteiger partial charge is 0.481 e. The van der Waals surface area contributed by atoms with Gasteiger partial charge in [0.1, 0.15) is 5.76 Å². The van der Waals surface area contributed by atoms with E-state index >= 15 is 0 Å². The van der Waals surface area contributed by atoms with Gasteiger partial charge < -0.3 is 20.2 Å². The second-order valence-corrected chi connectivity index (χ2v) is 5.49. The van der Waals surface area contributed by atoms with Crippen molar-refractivity contribution in [2.45, 2.75) is 50.6 Å². The number of aliphatic carboxylic acids is 1. The second-order valence-electron chi connectivity index (χ2n) is 5.49. The van der Waals surface area contributed by atoms with Gasteiger partial charge in [-0.2, -0.15) is 0 Å². The Kier molecular flexibility index (Phi) is 4.32. The highest BCUT2D eigenvalue weighted by Gasteiger charge is 2.40. The van der Waals surface area contributed by atoms with Gasteiger partial charge in [-0.05, 0) is 38.3 Å². The second kappa shape index (κ2) is 5.98. The Bertz CT molecular complexity index is 466. The van der Waals surface area contributed by atoms with Crippen molar-refractivity contribution >= 4 is 12.0 Å². The van der Waals surface area contributed by atoms with Crippen LogP contribution in [0, 0.1) is 0 Å². The zero-order chi connectivity index (χ0) is 14.6. The van der Waals surface area contributed by atoms with Gasteiger partial charge in [-0.3, -0.25) is 4.79 Å². The first kappa shape index (κ1) is 14.4. The van der Waals surface area contributed by atoms with Gasteiger partial charge in [-0.15, -0.1) is 0 Å². The first-order chi connectivity index (χ1) is 9.49. The number of hydrogen-bond donors (Lipinski definition) is 3. The summed E-state index contributed by atoms with van der Waals surface area (Å²) in [5, 5.41) is 14.5. The molecular weight excluding hydrogens is 260 g/mol. The smallest absolute Gasteiger partial charge is 0.315 e. The Labute approximate surface area is 117 Å². The van der Waals surface area contributed by atoms with E-state index in [0.717, 1.165) is 25.0 Å². The first-order valence-corrected chi connectivity index (χ1v) is 6.82. The van der Waals surface area contributed by atoms with Gasteiger partial charge >= 0.3 is 12.0 Å². The van der Waals surface area contributed by atoms with E-state index in [-0.39, 0.29) is 18.5 Å². The summed E-state index contributed by atoms with van der Waals surface area (Å²) in [5.41, 5.74) is -0.569. The molecule has 2 amide bonds. The predicted octanol–water partition coefficient (Wildman–Crippen LogP) is 1.91. The molecule has 0 radical (unpaired) electrons. The molecule has 2 rings (SSSR count). The number of carboxylic acid groups (broad SMARTS) is 1. The van der Waals surface area contributed by atoms with E-state index in [1.165, 1.54) is 0 Å². The molecule has 0 saturated heterocycles. The Morgan fingerprint density at radius 1 is 1.50 bits per heavy atom. The molecule has 1 aliphatic carbocycles. The van der Waals surface area contributed by atoms with Crippen molar-refractivity contribution in [1.29, 1.82) is 0 Å². The zero-order valence-corrected chi connectivity index (χ0v) is 11.5. The minimum Gasteiger partial charge on any atom is -0.481 e. The number of carbonyl (C=O) groups excluding carboxylic acids is 1. The lowest BCUT2D eigenvalue weighted by atomic mass is 9.74. The number of carboxylic acids is 1. The van der Waals surface area contributed by atoms with Crippen molar-refractivity contribution in [3.05, 3.63) is 24.2 Å². The summed E-state index contributed by atoms with van der Waals surface area (Å²) in [5.74, 6) is -0.0738. The Morgan fingerprint density at radius 3 is 2.75 bits per heavy atom. The van der Waals surface area contributed by atoms with Gasteiger partial charge in [-0.25, -0.2) is 4.79 Å². The van der Waals surface area contributed by atoms with Crippen molar-refractivity contribution in [2.75, 3.05) is 0 Å². The number of amides is 2. The molecule has 3 N–H and O–H groups in total. The molecule has 6 heteroatoms. The van der Waals surface area contributed by atoms with Gasteiger partial charge in [0.15, 0.2) is 0 Å². The minimum absolute atomic E-state index is 0.0208. The summed E-state index contributed by atoms with van der Waals surface area (Å²) in [6.07, 6.45) is 4.58. The van der Waals surface area contributed by atoms with Gasteiger partial charge in [0.25, 0.3) is 0 Å². The van der Waals surface area contributed by atoms with E-state index in [9.17, 15) is 9.59 Å². The highest BCUT2D eigenvalue weighted by molar-refractivity contribution is 5.77. The highest BCUT2D eigenvalue weighted by Crippen LogP contribution is 2.34. The maximum absolute atomic E-state index is 11.9. The first-order valence-electron chi connectivity index (χ1n) is 6.82. The maximum atomic E-state index is 11.9. The molecule has 1 saturated carbocycles. The van der Waals surface area contributed by atoms with Gasteiger partial charge in [0, 0.05) is 12.5 Å². The van der Waals surface area contributed by atoms with Crippen LogP contribution in [0.2, 0.25) is 0 Å². The molecule has 1 heterocycles. The van der Waals surface area contributed by atoms with Crippen LogP contribution in [0.15, 0.2) is 22.8 Å². The van der Waals surface area contributed by atoms with E-state index in [2.05, 4.69) is 10.6 Å². The minimum atomic E-state index is -0.881. The Hall–Kier alpha value is -1.98. The summed E-state index contributed by atoms with van der Waals surface area (Å²) >= 11 is 0. The Balaban J connectivity index is 1.80. The van der Waals surface area contributed by atoms with E-state index in [4.69, 9.17) is 9.52 Å². The van der Waals surface area contributed by atoms with Crippen molar-refractivity contribution in [3.8, 4) is 0 Å². The number of urea groups is 1. The monoisotopic (exact) mass is 280 g/mol. The van der Waals surface area contributed by atoms with Crippen LogP contribution in [-0.2, 0) is 11.2 Å².